The Labute approximate surface area is 191 Å². The van der Waals surface area contributed by atoms with Gasteiger partial charge in [0.1, 0.15) is 11.3 Å². The van der Waals surface area contributed by atoms with E-state index in [0.29, 0.717) is 42.8 Å². The molecular formula is C26H27NO6. The smallest absolute Gasteiger partial charge is 0.339 e. The zero-order chi connectivity index (χ0) is 23.6. The van der Waals surface area contributed by atoms with E-state index in [4.69, 9.17) is 9.15 Å². The van der Waals surface area contributed by atoms with Crippen molar-refractivity contribution in [2.24, 2.45) is 0 Å². The van der Waals surface area contributed by atoms with Crippen LogP contribution in [-0.4, -0.2) is 42.1 Å². The normalized spacial score (nSPS) is 15.4. The third-order valence-electron chi connectivity index (χ3n) is 6.79. The fraction of sp³-hybridized carbons (Fsp3) is 0.346. The van der Waals surface area contributed by atoms with Crippen LogP contribution < -0.4 is 10.4 Å². The van der Waals surface area contributed by atoms with Crippen LogP contribution in [0.4, 0.5) is 0 Å². The Morgan fingerprint density at radius 1 is 1.12 bits per heavy atom. The number of carbonyl (C=O) groups is 2. The predicted molar refractivity (Wildman–Crippen MR) is 124 cm³/mol. The standard InChI is InChI=1S/C26H27NO6/c1-17-20-9-8-19(32-2)16-22(20)33-24(29)21(17)10-11-23(28)27-14-12-26(13-15-27,25(30)31)18-6-4-3-5-7-18/h3-9,16H,10-15H2,1-2H3,(H,30,31). The Hall–Kier alpha value is -3.61. The summed E-state index contributed by atoms with van der Waals surface area (Å²) in [5.41, 5.74) is 1.08. The molecule has 1 aromatic heterocycles. The van der Waals surface area contributed by atoms with Gasteiger partial charge in [-0.2, -0.15) is 0 Å². The molecule has 0 unspecified atom stereocenters. The molecule has 1 aliphatic heterocycles. The lowest BCUT2D eigenvalue weighted by Crippen LogP contribution is -2.49. The van der Waals surface area contributed by atoms with Crippen LogP contribution in [0.3, 0.4) is 0 Å². The molecule has 0 aliphatic carbocycles. The number of carboxylic acids is 1. The van der Waals surface area contributed by atoms with Crippen molar-refractivity contribution in [1.29, 1.82) is 0 Å². The molecule has 33 heavy (non-hydrogen) atoms. The van der Waals surface area contributed by atoms with Gasteiger partial charge >= 0.3 is 11.6 Å². The molecule has 2 aromatic carbocycles. The van der Waals surface area contributed by atoms with E-state index < -0.39 is 17.0 Å². The maximum atomic E-state index is 12.9. The molecule has 7 heteroatoms. The molecule has 3 aromatic rings. The molecule has 0 radical (unpaired) electrons. The lowest BCUT2D eigenvalue weighted by atomic mass is 9.73. The first-order valence-electron chi connectivity index (χ1n) is 11.0. The summed E-state index contributed by atoms with van der Waals surface area (Å²) in [6.07, 6.45) is 1.15. The Bertz CT molecular complexity index is 1240. The number of rotatable bonds is 6. The number of carboxylic acid groups (broad SMARTS) is 1. The second-order valence-electron chi connectivity index (χ2n) is 8.49. The van der Waals surface area contributed by atoms with Crippen molar-refractivity contribution in [3.05, 3.63) is 75.6 Å². The van der Waals surface area contributed by atoms with Gasteiger partial charge in [0, 0.05) is 36.5 Å². The number of nitrogens with zero attached hydrogens (tertiary/aromatic N) is 1. The molecular weight excluding hydrogens is 422 g/mol. The lowest BCUT2D eigenvalue weighted by molar-refractivity contribution is -0.148. The molecule has 1 N–H and O–H groups in total. The highest BCUT2D eigenvalue weighted by molar-refractivity contribution is 5.84. The minimum absolute atomic E-state index is 0.0873. The molecule has 1 fully saturated rings. The minimum atomic E-state index is -0.977. The summed E-state index contributed by atoms with van der Waals surface area (Å²) >= 11 is 0. The average Bonchev–Trinajstić information content (AvgIpc) is 2.83. The van der Waals surface area contributed by atoms with Crippen LogP contribution in [0.25, 0.3) is 11.0 Å². The van der Waals surface area contributed by atoms with Gasteiger partial charge in [0.05, 0.1) is 12.5 Å². The zero-order valence-corrected chi connectivity index (χ0v) is 18.8. The number of hydrogen-bond acceptors (Lipinski definition) is 5. The highest BCUT2D eigenvalue weighted by Gasteiger charge is 2.43. The molecule has 1 aliphatic rings. The van der Waals surface area contributed by atoms with Crippen molar-refractivity contribution < 1.29 is 23.8 Å². The predicted octanol–water partition coefficient (Wildman–Crippen LogP) is 3.69. The van der Waals surface area contributed by atoms with Crippen LogP contribution >= 0.6 is 0 Å². The zero-order valence-electron chi connectivity index (χ0n) is 18.8. The first-order chi connectivity index (χ1) is 15.9. The van der Waals surface area contributed by atoms with E-state index in [9.17, 15) is 19.5 Å². The molecule has 1 amide bonds. The molecule has 7 nitrogen and oxygen atoms in total. The van der Waals surface area contributed by atoms with Gasteiger partial charge in [-0.25, -0.2) is 4.79 Å². The summed E-state index contributed by atoms with van der Waals surface area (Å²) in [6, 6.07) is 14.5. The van der Waals surface area contributed by atoms with Gasteiger partial charge in [0.15, 0.2) is 0 Å². The Morgan fingerprint density at radius 2 is 1.82 bits per heavy atom. The SMILES string of the molecule is COc1ccc2c(C)c(CCC(=O)N3CCC(C(=O)O)(c4ccccc4)CC3)c(=O)oc2c1. The summed E-state index contributed by atoms with van der Waals surface area (Å²) in [4.78, 5) is 39.3. The van der Waals surface area contributed by atoms with Gasteiger partial charge in [-0.15, -0.1) is 0 Å². The topological polar surface area (TPSA) is 97.0 Å². The fourth-order valence-electron chi connectivity index (χ4n) is 4.70. The van der Waals surface area contributed by atoms with Crippen LogP contribution in [0.5, 0.6) is 5.75 Å². The lowest BCUT2D eigenvalue weighted by Gasteiger charge is -2.39. The van der Waals surface area contributed by atoms with Crippen molar-refractivity contribution in [2.75, 3.05) is 20.2 Å². The van der Waals surface area contributed by atoms with E-state index >= 15 is 0 Å². The van der Waals surface area contributed by atoms with Gasteiger partial charge < -0.3 is 19.2 Å². The van der Waals surface area contributed by atoms with Crippen molar-refractivity contribution >= 4 is 22.8 Å². The minimum Gasteiger partial charge on any atom is -0.497 e. The summed E-state index contributed by atoms with van der Waals surface area (Å²) in [6.45, 7) is 2.59. The van der Waals surface area contributed by atoms with Gasteiger partial charge in [0.25, 0.3) is 0 Å². The van der Waals surface area contributed by atoms with Crippen LogP contribution in [0.15, 0.2) is 57.7 Å². The molecule has 0 saturated carbocycles. The number of piperidine rings is 1. The van der Waals surface area contributed by atoms with Gasteiger partial charge in [-0.05, 0) is 49.4 Å². The van der Waals surface area contributed by atoms with E-state index in [0.717, 1.165) is 16.5 Å². The molecule has 172 valence electrons. The Balaban J connectivity index is 1.45. The summed E-state index contributed by atoms with van der Waals surface area (Å²) in [5, 5.41) is 10.8. The molecule has 1 saturated heterocycles. The highest BCUT2D eigenvalue weighted by atomic mass is 16.5. The molecule has 0 spiro atoms. The number of benzene rings is 2. The quantitative estimate of drug-likeness (QED) is 0.577. The summed E-state index contributed by atoms with van der Waals surface area (Å²) < 4.78 is 10.7. The number of aliphatic carboxylic acids is 1. The molecule has 0 bridgehead atoms. The number of ether oxygens (including phenoxy) is 1. The van der Waals surface area contributed by atoms with Crippen LogP contribution in [0, 0.1) is 6.92 Å². The van der Waals surface area contributed by atoms with Crippen LogP contribution in [0.2, 0.25) is 0 Å². The van der Waals surface area contributed by atoms with E-state index in [1.165, 1.54) is 0 Å². The maximum absolute atomic E-state index is 12.9. The summed E-state index contributed by atoms with van der Waals surface area (Å²) in [7, 11) is 1.55. The van der Waals surface area contributed by atoms with Crippen LogP contribution in [-0.2, 0) is 21.4 Å². The first-order valence-corrected chi connectivity index (χ1v) is 11.0. The number of hydrogen-bond donors (Lipinski definition) is 1. The van der Waals surface area contributed by atoms with Gasteiger partial charge in [0.2, 0.25) is 5.91 Å². The second-order valence-corrected chi connectivity index (χ2v) is 8.49. The number of carbonyl (C=O) groups excluding carboxylic acids is 1. The third-order valence-corrected chi connectivity index (χ3v) is 6.79. The van der Waals surface area contributed by atoms with E-state index in [1.54, 1.807) is 24.1 Å². The molecule has 0 atom stereocenters. The van der Waals surface area contributed by atoms with Crippen molar-refractivity contribution in [3.8, 4) is 5.75 Å². The number of amides is 1. The van der Waals surface area contributed by atoms with Gasteiger partial charge in [-0.1, -0.05) is 30.3 Å². The number of likely N-dealkylation sites (tertiary alicyclic amines) is 1. The molecule has 4 rings (SSSR count). The number of fused-ring (bicyclic) bond motifs is 1. The van der Waals surface area contributed by atoms with Crippen LogP contribution in [0.1, 0.15) is 36.0 Å². The maximum Gasteiger partial charge on any atom is 0.339 e. The van der Waals surface area contributed by atoms with E-state index in [2.05, 4.69) is 0 Å². The number of methoxy groups -OCH3 is 1. The number of aryl methyl sites for hydroxylation is 1. The van der Waals surface area contributed by atoms with E-state index in [-0.39, 0.29) is 18.7 Å². The Morgan fingerprint density at radius 3 is 2.45 bits per heavy atom. The van der Waals surface area contributed by atoms with Gasteiger partial charge in [-0.3, -0.25) is 9.59 Å². The first kappa shape index (κ1) is 22.6. The second kappa shape index (κ2) is 9.10. The van der Waals surface area contributed by atoms with E-state index in [1.807, 2.05) is 43.3 Å². The average molecular weight is 450 g/mol. The summed E-state index contributed by atoms with van der Waals surface area (Å²) in [5.74, 6) is -0.344. The fourth-order valence-corrected chi connectivity index (χ4v) is 4.70. The third kappa shape index (κ3) is 4.23. The Kier molecular flexibility index (Phi) is 6.22. The van der Waals surface area contributed by atoms with Crippen molar-refractivity contribution in [2.45, 2.75) is 38.0 Å². The van der Waals surface area contributed by atoms with Crippen molar-refractivity contribution in [3.63, 3.8) is 0 Å². The highest BCUT2D eigenvalue weighted by Crippen LogP contribution is 2.36. The van der Waals surface area contributed by atoms with Crippen molar-refractivity contribution in [1.82, 2.24) is 4.90 Å². The monoisotopic (exact) mass is 449 g/mol. The largest absolute Gasteiger partial charge is 0.497 e. The molecule has 2 heterocycles.